The first-order chi connectivity index (χ1) is 10.3. The Morgan fingerprint density at radius 3 is 2.48 bits per heavy atom. The van der Waals surface area contributed by atoms with E-state index in [1.165, 1.54) is 5.39 Å². The van der Waals surface area contributed by atoms with Crippen LogP contribution in [0.15, 0.2) is 60.8 Å². The molecule has 3 rings (SSSR count). The van der Waals surface area contributed by atoms with E-state index in [4.69, 9.17) is 4.74 Å². The summed E-state index contributed by atoms with van der Waals surface area (Å²) in [5.74, 6) is 1.41. The van der Waals surface area contributed by atoms with Gasteiger partial charge in [0.2, 0.25) is 0 Å². The van der Waals surface area contributed by atoms with E-state index in [9.17, 15) is 4.79 Å². The molecule has 1 aromatic heterocycles. The molecule has 0 aliphatic heterocycles. The largest absolute Gasteiger partial charge is 0.456 e. The Labute approximate surface area is 123 Å². The number of hydrogen-bond donors (Lipinski definition) is 0. The molecule has 0 saturated carbocycles. The predicted molar refractivity (Wildman–Crippen MR) is 82.9 cm³/mol. The second kappa shape index (κ2) is 5.75. The zero-order chi connectivity index (χ0) is 14.7. The van der Waals surface area contributed by atoms with E-state index < -0.39 is 0 Å². The molecule has 0 radical (unpaired) electrons. The average molecular weight is 277 g/mol. The summed E-state index contributed by atoms with van der Waals surface area (Å²) in [6.07, 6.45) is 2.04. The molecule has 0 amide bonds. The van der Waals surface area contributed by atoms with Crippen LogP contribution in [0.2, 0.25) is 0 Å². The van der Waals surface area contributed by atoms with E-state index in [0.29, 0.717) is 17.9 Å². The maximum atomic E-state index is 11.5. The second-order valence-corrected chi connectivity index (χ2v) is 4.77. The SMILES string of the molecule is CCC(=O)c1ccc(Oc2ccc3ccccc3c2)cn1. The summed E-state index contributed by atoms with van der Waals surface area (Å²) in [4.78, 5) is 15.7. The fraction of sp³-hybridized carbons (Fsp3) is 0.111. The zero-order valence-corrected chi connectivity index (χ0v) is 11.7. The number of carbonyl (C=O) groups is 1. The number of rotatable bonds is 4. The molecule has 104 valence electrons. The van der Waals surface area contributed by atoms with Crippen LogP contribution in [0.4, 0.5) is 0 Å². The lowest BCUT2D eigenvalue weighted by atomic mass is 10.1. The van der Waals surface area contributed by atoms with Crippen molar-refractivity contribution in [3.05, 3.63) is 66.5 Å². The Hall–Kier alpha value is -2.68. The molecule has 1 heterocycles. The van der Waals surface area contributed by atoms with Crippen molar-refractivity contribution >= 4 is 16.6 Å². The van der Waals surface area contributed by atoms with Gasteiger partial charge in [-0.05, 0) is 35.0 Å². The number of hydrogen-bond acceptors (Lipinski definition) is 3. The molecule has 0 unspecified atom stereocenters. The molecule has 0 bridgehead atoms. The summed E-state index contributed by atoms with van der Waals surface area (Å²) in [5.41, 5.74) is 0.475. The number of nitrogens with zero attached hydrogens (tertiary/aromatic N) is 1. The van der Waals surface area contributed by atoms with Crippen LogP contribution in [0.3, 0.4) is 0 Å². The van der Waals surface area contributed by atoms with E-state index in [-0.39, 0.29) is 5.78 Å². The first-order valence-electron chi connectivity index (χ1n) is 6.92. The third kappa shape index (κ3) is 2.92. The molecule has 0 fully saturated rings. The maximum Gasteiger partial charge on any atom is 0.180 e. The normalized spacial score (nSPS) is 10.5. The van der Waals surface area contributed by atoms with Crippen molar-refractivity contribution in [1.29, 1.82) is 0 Å². The van der Waals surface area contributed by atoms with E-state index >= 15 is 0 Å². The lowest BCUT2D eigenvalue weighted by molar-refractivity contribution is 0.0983. The molecule has 21 heavy (non-hydrogen) atoms. The van der Waals surface area contributed by atoms with Gasteiger partial charge in [-0.25, -0.2) is 4.98 Å². The van der Waals surface area contributed by atoms with Crippen LogP contribution in [0.25, 0.3) is 10.8 Å². The Morgan fingerprint density at radius 2 is 1.76 bits per heavy atom. The summed E-state index contributed by atoms with van der Waals surface area (Å²) in [7, 11) is 0. The van der Waals surface area contributed by atoms with Gasteiger partial charge in [-0.3, -0.25) is 4.79 Å². The smallest absolute Gasteiger partial charge is 0.180 e. The van der Waals surface area contributed by atoms with Gasteiger partial charge in [0.1, 0.15) is 17.2 Å². The van der Waals surface area contributed by atoms with Crippen molar-refractivity contribution in [3.8, 4) is 11.5 Å². The van der Waals surface area contributed by atoms with Gasteiger partial charge in [-0.1, -0.05) is 37.3 Å². The first kappa shape index (κ1) is 13.3. The molecule has 0 aliphatic carbocycles. The van der Waals surface area contributed by atoms with Crippen molar-refractivity contribution < 1.29 is 9.53 Å². The van der Waals surface area contributed by atoms with Gasteiger partial charge in [0.25, 0.3) is 0 Å². The summed E-state index contributed by atoms with van der Waals surface area (Å²) < 4.78 is 5.78. The minimum atomic E-state index is 0.0345. The molecule has 2 aromatic carbocycles. The van der Waals surface area contributed by atoms with Crippen LogP contribution in [-0.4, -0.2) is 10.8 Å². The Balaban J connectivity index is 1.83. The molecule has 0 atom stereocenters. The van der Waals surface area contributed by atoms with Crippen molar-refractivity contribution in [1.82, 2.24) is 4.98 Å². The second-order valence-electron chi connectivity index (χ2n) is 4.77. The molecule has 3 heteroatoms. The molecule has 0 aliphatic rings. The van der Waals surface area contributed by atoms with Crippen molar-refractivity contribution in [3.63, 3.8) is 0 Å². The number of Topliss-reactive ketones (excluding diaryl/α,β-unsaturated/α-hetero) is 1. The zero-order valence-electron chi connectivity index (χ0n) is 11.7. The minimum Gasteiger partial charge on any atom is -0.456 e. The summed E-state index contributed by atoms with van der Waals surface area (Å²) in [6.45, 7) is 1.82. The van der Waals surface area contributed by atoms with E-state index in [2.05, 4.69) is 11.1 Å². The van der Waals surface area contributed by atoms with E-state index in [1.807, 2.05) is 43.3 Å². The van der Waals surface area contributed by atoms with Gasteiger partial charge in [-0.2, -0.15) is 0 Å². The van der Waals surface area contributed by atoms with Crippen LogP contribution < -0.4 is 4.74 Å². The number of carbonyl (C=O) groups excluding carboxylic acids is 1. The first-order valence-corrected chi connectivity index (χ1v) is 6.92. The average Bonchev–Trinajstić information content (AvgIpc) is 2.55. The van der Waals surface area contributed by atoms with E-state index in [0.717, 1.165) is 11.1 Å². The van der Waals surface area contributed by atoms with Gasteiger partial charge < -0.3 is 4.74 Å². The highest BCUT2D eigenvalue weighted by Crippen LogP contribution is 2.25. The fourth-order valence-corrected chi connectivity index (χ4v) is 2.15. The van der Waals surface area contributed by atoms with Crippen molar-refractivity contribution in [2.45, 2.75) is 13.3 Å². The van der Waals surface area contributed by atoms with Gasteiger partial charge in [0.05, 0.1) is 6.20 Å². The molecule has 3 nitrogen and oxygen atoms in total. The molecular weight excluding hydrogens is 262 g/mol. The van der Waals surface area contributed by atoms with Gasteiger partial charge in [0, 0.05) is 6.42 Å². The van der Waals surface area contributed by atoms with Crippen LogP contribution in [0, 0.1) is 0 Å². The monoisotopic (exact) mass is 277 g/mol. The number of aromatic nitrogens is 1. The molecule has 0 spiro atoms. The molecule has 0 N–H and O–H groups in total. The third-order valence-corrected chi connectivity index (χ3v) is 3.30. The maximum absolute atomic E-state index is 11.5. The van der Waals surface area contributed by atoms with Crippen LogP contribution in [-0.2, 0) is 0 Å². The Morgan fingerprint density at radius 1 is 1.00 bits per heavy atom. The lowest BCUT2D eigenvalue weighted by Crippen LogP contribution is -1.99. The highest BCUT2D eigenvalue weighted by atomic mass is 16.5. The molecule has 0 saturated heterocycles. The number of ether oxygens (including phenoxy) is 1. The highest BCUT2D eigenvalue weighted by molar-refractivity contribution is 5.93. The van der Waals surface area contributed by atoms with Crippen LogP contribution in [0.1, 0.15) is 23.8 Å². The Bertz CT molecular complexity index is 779. The summed E-state index contributed by atoms with van der Waals surface area (Å²) in [6, 6.07) is 17.5. The third-order valence-electron chi connectivity index (χ3n) is 3.30. The van der Waals surface area contributed by atoms with Gasteiger partial charge >= 0.3 is 0 Å². The number of fused-ring (bicyclic) bond motifs is 1. The van der Waals surface area contributed by atoms with E-state index in [1.54, 1.807) is 18.3 Å². The molecule has 3 aromatic rings. The topological polar surface area (TPSA) is 39.2 Å². The number of ketones is 1. The summed E-state index contributed by atoms with van der Waals surface area (Å²) in [5, 5.41) is 2.30. The number of benzene rings is 2. The minimum absolute atomic E-state index is 0.0345. The summed E-state index contributed by atoms with van der Waals surface area (Å²) >= 11 is 0. The highest BCUT2D eigenvalue weighted by Gasteiger charge is 2.05. The van der Waals surface area contributed by atoms with Gasteiger partial charge in [-0.15, -0.1) is 0 Å². The molecular formula is C18H15NO2. The quantitative estimate of drug-likeness (QED) is 0.653. The van der Waals surface area contributed by atoms with Crippen LogP contribution >= 0.6 is 0 Å². The number of pyridine rings is 1. The van der Waals surface area contributed by atoms with Gasteiger partial charge in [0.15, 0.2) is 5.78 Å². The lowest BCUT2D eigenvalue weighted by Gasteiger charge is -2.07. The fourth-order valence-electron chi connectivity index (χ4n) is 2.15. The standard InChI is InChI=1S/C18H15NO2/c1-2-18(20)17-10-9-16(12-19-17)21-15-8-7-13-5-3-4-6-14(13)11-15/h3-12H,2H2,1H3. The van der Waals surface area contributed by atoms with Crippen LogP contribution in [0.5, 0.6) is 11.5 Å². The predicted octanol–water partition coefficient (Wildman–Crippen LogP) is 4.62. The van der Waals surface area contributed by atoms with Crippen molar-refractivity contribution in [2.75, 3.05) is 0 Å². The van der Waals surface area contributed by atoms with Crippen molar-refractivity contribution in [2.24, 2.45) is 0 Å². The Kier molecular flexibility index (Phi) is 3.65.